The van der Waals surface area contributed by atoms with Gasteiger partial charge in [-0.15, -0.1) is 0 Å². The molecule has 0 aliphatic rings. The first-order valence-corrected chi connectivity index (χ1v) is 4.74. The summed E-state index contributed by atoms with van der Waals surface area (Å²) in [7, 11) is 0. The largest absolute Gasteiger partial charge is 0.367 e. The Hall–Kier alpha value is -0.760. The second kappa shape index (κ2) is 4.99. The van der Waals surface area contributed by atoms with Crippen LogP contribution >= 0.6 is 0 Å². The molecule has 68 valence electrons. The van der Waals surface area contributed by atoms with Crippen LogP contribution in [-0.4, -0.2) is 11.5 Å². The van der Waals surface area contributed by atoms with Gasteiger partial charge >= 0.3 is 0 Å². The quantitative estimate of drug-likeness (QED) is 0.691. The SMILES string of the molecule is CCCNC(CC)c1cc[nH]c1. The summed E-state index contributed by atoms with van der Waals surface area (Å²) in [6.07, 6.45) is 6.39. The van der Waals surface area contributed by atoms with Crippen LogP contribution in [-0.2, 0) is 0 Å². The second-order valence-electron chi connectivity index (χ2n) is 3.06. The smallest absolute Gasteiger partial charge is 0.0332 e. The van der Waals surface area contributed by atoms with E-state index in [0.29, 0.717) is 6.04 Å². The molecule has 1 atom stereocenters. The van der Waals surface area contributed by atoms with Crippen molar-refractivity contribution in [3.63, 3.8) is 0 Å². The fraction of sp³-hybridized carbons (Fsp3) is 0.600. The van der Waals surface area contributed by atoms with Crippen LogP contribution in [0.3, 0.4) is 0 Å². The first-order valence-electron chi connectivity index (χ1n) is 4.74. The van der Waals surface area contributed by atoms with Gasteiger partial charge in [-0.1, -0.05) is 13.8 Å². The fourth-order valence-corrected chi connectivity index (χ4v) is 1.37. The highest BCUT2D eigenvalue weighted by atomic mass is 14.9. The number of hydrogen-bond donors (Lipinski definition) is 2. The maximum atomic E-state index is 3.50. The lowest BCUT2D eigenvalue weighted by Gasteiger charge is -2.14. The van der Waals surface area contributed by atoms with Gasteiger partial charge in [0.2, 0.25) is 0 Å². The second-order valence-corrected chi connectivity index (χ2v) is 3.06. The minimum atomic E-state index is 0.524. The zero-order chi connectivity index (χ0) is 8.81. The Balaban J connectivity index is 2.45. The summed E-state index contributed by atoms with van der Waals surface area (Å²) in [6, 6.07) is 2.66. The fourth-order valence-electron chi connectivity index (χ4n) is 1.37. The Bertz CT molecular complexity index is 192. The molecular weight excluding hydrogens is 148 g/mol. The molecule has 2 nitrogen and oxygen atoms in total. The Labute approximate surface area is 74.4 Å². The predicted octanol–water partition coefficient (Wildman–Crippen LogP) is 2.47. The number of H-pyrrole nitrogens is 1. The van der Waals surface area contributed by atoms with Gasteiger partial charge < -0.3 is 10.3 Å². The lowest BCUT2D eigenvalue weighted by Crippen LogP contribution is -2.20. The van der Waals surface area contributed by atoms with Gasteiger partial charge in [-0.05, 0) is 31.0 Å². The summed E-state index contributed by atoms with van der Waals surface area (Å²) in [5.41, 5.74) is 1.37. The van der Waals surface area contributed by atoms with Crippen molar-refractivity contribution in [1.29, 1.82) is 0 Å². The Kier molecular flexibility index (Phi) is 3.88. The standard InChI is InChI=1S/C10H18N2/c1-3-6-12-10(4-2)9-5-7-11-8-9/h5,7-8,10-12H,3-4,6H2,1-2H3. The van der Waals surface area contributed by atoms with E-state index in [1.54, 1.807) is 0 Å². The van der Waals surface area contributed by atoms with Crippen molar-refractivity contribution in [2.45, 2.75) is 32.7 Å². The first-order chi connectivity index (χ1) is 5.88. The van der Waals surface area contributed by atoms with Crippen molar-refractivity contribution in [3.8, 4) is 0 Å². The lowest BCUT2D eigenvalue weighted by molar-refractivity contribution is 0.519. The van der Waals surface area contributed by atoms with E-state index in [9.17, 15) is 0 Å². The topological polar surface area (TPSA) is 27.8 Å². The molecule has 0 aromatic carbocycles. The van der Waals surface area contributed by atoms with Crippen molar-refractivity contribution in [2.75, 3.05) is 6.54 Å². The van der Waals surface area contributed by atoms with Crippen LogP contribution in [0.1, 0.15) is 38.3 Å². The van der Waals surface area contributed by atoms with Gasteiger partial charge in [-0.2, -0.15) is 0 Å². The maximum absolute atomic E-state index is 3.50. The van der Waals surface area contributed by atoms with Crippen molar-refractivity contribution in [2.24, 2.45) is 0 Å². The molecule has 0 saturated carbocycles. The van der Waals surface area contributed by atoms with E-state index in [-0.39, 0.29) is 0 Å². The molecule has 1 aromatic rings. The van der Waals surface area contributed by atoms with E-state index in [2.05, 4.69) is 36.4 Å². The summed E-state index contributed by atoms with van der Waals surface area (Å²) in [5, 5.41) is 3.50. The normalized spacial score (nSPS) is 13.2. The molecule has 1 heterocycles. The Morgan fingerprint density at radius 3 is 2.83 bits per heavy atom. The van der Waals surface area contributed by atoms with Crippen LogP contribution < -0.4 is 5.32 Å². The van der Waals surface area contributed by atoms with Crippen LogP contribution in [0.5, 0.6) is 0 Å². The van der Waals surface area contributed by atoms with E-state index in [1.165, 1.54) is 12.0 Å². The highest BCUT2D eigenvalue weighted by molar-refractivity contribution is 5.13. The number of rotatable bonds is 5. The van der Waals surface area contributed by atoms with Gasteiger partial charge in [0, 0.05) is 18.4 Å². The molecule has 0 bridgehead atoms. The van der Waals surface area contributed by atoms with Crippen LogP contribution in [0.25, 0.3) is 0 Å². The third kappa shape index (κ3) is 2.38. The van der Waals surface area contributed by atoms with Gasteiger partial charge in [-0.3, -0.25) is 0 Å². The zero-order valence-corrected chi connectivity index (χ0v) is 7.93. The van der Waals surface area contributed by atoms with Gasteiger partial charge in [0.25, 0.3) is 0 Å². The molecule has 1 rings (SSSR count). The molecule has 12 heavy (non-hydrogen) atoms. The average Bonchev–Trinajstić information content (AvgIpc) is 2.59. The summed E-state index contributed by atoms with van der Waals surface area (Å²) >= 11 is 0. The summed E-state index contributed by atoms with van der Waals surface area (Å²) < 4.78 is 0. The van der Waals surface area contributed by atoms with Gasteiger partial charge in [-0.25, -0.2) is 0 Å². The molecule has 2 heteroatoms. The van der Waals surface area contributed by atoms with E-state index in [4.69, 9.17) is 0 Å². The third-order valence-corrected chi connectivity index (χ3v) is 2.07. The highest BCUT2D eigenvalue weighted by Gasteiger charge is 2.06. The molecule has 0 saturated heterocycles. The third-order valence-electron chi connectivity index (χ3n) is 2.07. The maximum Gasteiger partial charge on any atom is 0.0332 e. The van der Waals surface area contributed by atoms with Crippen molar-refractivity contribution >= 4 is 0 Å². The lowest BCUT2D eigenvalue weighted by atomic mass is 10.1. The van der Waals surface area contributed by atoms with Gasteiger partial charge in [0.1, 0.15) is 0 Å². The molecule has 2 N–H and O–H groups in total. The number of aromatic nitrogens is 1. The molecule has 1 aromatic heterocycles. The number of hydrogen-bond acceptors (Lipinski definition) is 1. The Morgan fingerprint density at radius 1 is 1.50 bits per heavy atom. The molecule has 0 aliphatic carbocycles. The first kappa shape index (κ1) is 9.33. The van der Waals surface area contributed by atoms with Gasteiger partial charge in [0.05, 0.1) is 0 Å². The monoisotopic (exact) mass is 166 g/mol. The molecule has 0 amide bonds. The summed E-state index contributed by atoms with van der Waals surface area (Å²) in [5.74, 6) is 0. The summed E-state index contributed by atoms with van der Waals surface area (Å²) in [6.45, 7) is 5.50. The van der Waals surface area contributed by atoms with E-state index in [1.807, 2.05) is 6.20 Å². The van der Waals surface area contributed by atoms with E-state index < -0.39 is 0 Å². The van der Waals surface area contributed by atoms with Crippen LogP contribution in [0.4, 0.5) is 0 Å². The Morgan fingerprint density at radius 2 is 2.33 bits per heavy atom. The van der Waals surface area contributed by atoms with Crippen molar-refractivity contribution in [3.05, 3.63) is 24.0 Å². The van der Waals surface area contributed by atoms with Crippen LogP contribution in [0, 0.1) is 0 Å². The van der Waals surface area contributed by atoms with E-state index in [0.717, 1.165) is 13.0 Å². The molecule has 0 spiro atoms. The summed E-state index contributed by atoms with van der Waals surface area (Å²) in [4.78, 5) is 3.08. The van der Waals surface area contributed by atoms with E-state index >= 15 is 0 Å². The predicted molar refractivity (Wildman–Crippen MR) is 52.1 cm³/mol. The molecule has 0 aliphatic heterocycles. The van der Waals surface area contributed by atoms with Crippen molar-refractivity contribution < 1.29 is 0 Å². The number of aromatic amines is 1. The zero-order valence-electron chi connectivity index (χ0n) is 7.93. The van der Waals surface area contributed by atoms with Gasteiger partial charge in [0.15, 0.2) is 0 Å². The molecular formula is C10H18N2. The van der Waals surface area contributed by atoms with Crippen LogP contribution in [0.15, 0.2) is 18.5 Å². The average molecular weight is 166 g/mol. The minimum absolute atomic E-state index is 0.524. The molecule has 0 radical (unpaired) electrons. The molecule has 0 fully saturated rings. The van der Waals surface area contributed by atoms with Crippen LogP contribution in [0.2, 0.25) is 0 Å². The number of nitrogens with one attached hydrogen (secondary N) is 2. The minimum Gasteiger partial charge on any atom is -0.367 e. The highest BCUT2D eigenvalue weighted by Crippen LogP contribution is 2.14. The molecule has 1 unspecified atom stereocenters. The van der Waals surface area contributed by atoms with Crippen molar-refractivity contribution in [1.82, 2.24) is 10.3 Å².